The van der Waals surface area contributed by atoms with Gasteiger partial charge in [0, 0.05) is 59.7 Å². The maximum atomic E-state index is 14.4. The van der Waals surface area contributed by atoms with E-state index in [4.69, 9.17) is 21.3 Å². The monoisotopic (exact) mass is 1100 g/mol. The van der Waals surface area contributed by atoms with Gasteiger partial charge in [0.15, 0.2) is 5.82 Å². The second-order valence-corrected chi connectivity index (χ2v) is 23.1. The number of nitrogens with one attached hydrogen (secondary N) is 6. The molecule has 8 rings (SSSR count). The van der Waals surface area contributed by atoms with Gasteiger partial charge in [0.1, 0.15) is 41.6 Å². The average molecular weight is 1100 g/mol. The summed E-state index contributed by atoms with van der Waals surface area (Å²) in [7, 11) is 0. The minimum atomic E-state index is -1.36. The van der Waals surface area contributed by atoms with Crippen LogP contribution in [-0.4, -0.2) is 147 Å². The van der Waals surface area contributed by atoms with Crippen molar-refractivity contribution >= 4 is 75.4 Å². The van der Waals surface area contributed by atoms with Crippen molar-refractivity contribution in [3.8, 4) is 15.4 Å². The van der Waals surface area contributed by atoms with E-state index in [1.807, 2.05) is 94.3 Å². The molecule has 3 aliphatic rings. The molecular formula is C53H65ClN12O8S2. The lowest BCUT2D eigenvalue weighted by molar-refractivity contribution is -0.134. The first-order valence-electron chi connectivity index (χ1n) is 25.3. The van der Waals surface area contributed by atoms with Crippen molar-refractivity contribution in [3.05, 3.63) is 104 Å². The zero-order valence-corrected chi connectivity index (χ0v) is 46.2. The van der Waals surface area contributed by atoms with Gasteiger partial charge in [0.25, 0.3) is 0 Å². The molecule has 7 atom stereocenters. The first kappa shape index (κ1) is 55.8. The molecule has 0 saturated carbocycles. The lowest BCUT2D eigenvalue weighted by Crippen LogP contribution is -2.59. The number of aromatic nitrogens is 4. The van der Waals surface area contributed by atoms with Gasteiger partial charge >= 0.3 is 0 Å². The Morgan fingerprint density at radius 1 is 0.882 bits per heavy atom. The molecule has 6 heterocycles. The van der Waals surface area contributed by atoms with Gasteiger partial charge in [-0.2, -0.15) is 0 Å². The Morgan fingerprint density at radius 3 is 2.29 bits per heavy atom. The number of amides is 6. The maximum absolute atomic E-state index is 14.4. The summed E-state index contributed by atoms with van der Waals surface area (Å²) in [5.41, 5.74) is 7.17. The smallest absolute Gasteiger partial charge is 0.246 e. The molecule has 2 saturated heterocycles. The molecule has 0 spiro atoms. The van der Waals surface area contributed by atoms with E-state index < -0.39 is 83.2 Å². The number of aliphatic imine (C=N–C) groups is 1. The third kappa shape index (κ3) is 13.0. The fraction of sp³-hybridized carbons (Fsp3) is 0.472. The highest BCUT2D eigenvalue weighted by Crippen LogP contribution is 2.40. The fourth-order valence-corrected chi connectivity index (χ4v) is 11.6. The lowest BCUT2D eigenvalue weighted by Gasteiger charge is -2.36. The number of nitrogens with zero attached hydrogens (tertiary/aromatic N) is 6. The second kappa shape index (κ2) is 23.9. The standard InChI is InChI=1S/C53H65ClN12O8S2/c1-27-30(4)76-52-44(27)45(33-13-15-35(54)16-14-33)59-37(47-64-63-31(5)66(47)52)21-42(68)56-22-39-49(71)55-17-18-74-25-43(69)62-41(53(6,7)8)24-65-23-36(67)20-40(65)51(73)60-38(50(72)58-29(3)48(70)61-39)19-32-9-11-34(12-10-32)46-28(2)57-26-75-46/h9-16,26,29,36-41,67H,17-25H2,1-8H3,(H,55,71)(H,56,68)(H,58,72)(H,60,73)(H,61,70)(H,62,69)/t29-,36-,37+,38-,39-,40+,41-/m1/s1. The molecule has 20 nitrogen and oxygen atoms in total. The van der Waals surface area contributed by atoms with Gasteiger partial charge in [0.2, 0.25) is 35.4 Å². The molecule has 23 heteroatoms. The van der Waals surface area contributed by atoms with Gasteiger partial charge in [-0.05, 0) is 75.3 Å². The van der Waals surface area contributed by atoms with Crippen LogP contribution in [0.1, 0.15) is 91.1 Å². The van der Waals surface area contributed by atoms with Crippen molar-refractivity contribution in [1.82, 2.24) is 56.5 Å². The number of carbonyl (C=O) groups excluding carboxylic acids is 6. The molecular weight excluding hydrogens is 1030 g/mol. The molecule has 2 fully saturated rings. The molecule has 5 aromatic rings. The molecule has 7 N–H and O–H groups in total. The van der Waals surface area contributed by atoms with Gasteiger partial charge in [-0.15, -0.1) is 32.9 Å². The number of carbonyl (C=O) groups is 6. The number of fused-ring (bicyclic) bond motifs is 4. The summed E-state index contributed by atoms with van der Waals surface area (Å²) in [6.45, 7) is 14.6. The van der Waals surface area contributed by atoms with Crippen LogP contribution >= 0.6 is 34.3 Å². The highest BCUT2D eigenvalue weighted by molar-refractivity contribution is 7.15. The molecule has 0 radical (unpaired) electrons. The van der Waals surface area contributed by atoms with Crippen molar-refractivity contribution in [2.24, 2.45) is 10.4 Å². The van der Waals surface area contributed by atoms with E-state index in [9.17, 15) is 33.9 Å². The number of aliphatic hydroxyl groups is 1. The van der Waals surface area contributed by atoms with Crippen molar-refractivity contribution in [2.45, 2.75) is 117 Å². The van der Waals surface area contributed by atoms with Crippen molar-refractivity contribution in [2.75, 3.05) is 39.4 Å². The maximum Gasteiger partial charge on any atom is 0.246 e. The molecule has 404 valence electrons. The van der Waals surface area contributed by atoms with Gasteiger partial charge in [-0.3, -0.25) is 43.2 Å². The number of halogens is 1. The minimum Gasteiger partial charge on any atom is -0.392 e. The van der Waals surface area contributed by atoms with Crippen LogP contribution in [-0.2, 0) is 39.9 Å². The number of thiazole rings is 1. The highest BCUT2D eigenvalue weighted by atomic mass is 35.5. The van der Waals surface area contributed by atoms with Crippen molar-refractivity contribution < 1.29 is 38.6 Å². The molecule has 0 unspecified atom stereocenters. The first-order valence-corrected chi connectivity index (χ1v) is 27.3. The predicted octanol–water partition coefficient (Wildman–Crippen LogP) is 3.57. The fourth-order valence-electron chi connectivity index (χ4n) is 9.46. The normalized spacial score (nSPS) is 23.5. The molecule has 0 aliphatic carbocycles. The minimum absolute atomic E-state index is 0.0382. The largest absolute Gasteiger partial charge is 0.392 e. The Labute approximate surface area is 454 Å². The van der Waals surface area contributed by atoms with Crippen LogP contribution in [0.15, 0.2) is 59.0 Å². The Kier molecular flexibility index (Phi) is 17.5. The molecule has 2 aromatic carbocycles. The van der Waals surface area contributed by atoms with Crippen LogP contribution in [0.5, 0.6) is 0 Å². The predicted molar refractivity (Wildman–Crippen MR) is 290 cm³/mol. The summed E-state index contributed by atoms with van der Waals surface area (Å²) in [4.78, 5) is 97.7. The van der Waals surface area contributed by atoms with Crippen LogP contribution in [0.3, 0.4) is 0 Å². The Hall–Kier alpha value is -6.43. The summed E-state index contributed by atoms with van der Waals surface area (Å²) in [5.74, 6) is -2.50. The summed E-state index contributed by atoms with van der Waals surface area (Å²) in [6, 6.07) is 8.91. The van der Waals surface area contributed by atoms with Crippen LogP contribution in [0.2, 0.25) is 5.02 Å². The highest BCUT2D eigenvalue weighted by Gasteiger charge is 2.41. The van der Waals surface area contributed by atoms with Crippen LogP contribution in [0.4, 0.5) is 0 Å². The van der Waals surface area contributed by atoms with E-state index >= 15 is 0 Å². The Bertz CT molecular complexity index is 3000. The number of hydrogen-bond donors (Lipinski definition) is 7. The molecule has 76 heavy (non-hydrogen) atoms. The van der Waals surface area contributed by atoms with Crippen molar-refractivity contribution in [1.29, 1.82) is 0 Å². The van der Waals surface area contributed by atoms with Crippen LogP contribution in [0, 0.1) is 33.1 Å². The van der Waals surface area contributed by atoms with Crippen LogP contribution in [0.25, 0.3) is 15.4 Å². The topological polar surface area (TPSA) is 263 Å². The first-order chi connectivity index (χ1) is 36.1. The number of hydrogen-bond acceptors (Lipinski definition) is 15. The van der Waals surface area contributed by atoms with Gasteiger partial charge in [-0.1, -0.05) is 68.8 Å². The van der Waals surface area contributed by atoms with E-state index in [1.165, 1.54) is 18.3 Å². The number of benzene rings is 2. The SMILES string of the molecule is Cc1ncsc1-c1ccc(C[C@H]2NC(=O)[C@@H]3C[C@@H](O)CN3C[C@H](C(C)(C)C)NC(=O)COCCNC(=O)[C@@H](CNC(=O)C[C@@H]3N=C(c4ccc(Cl)cc4)c4c(sc(C)c4C)-n4c(C)nnc43)NC(=O)[C@@H](C)NC2=O)cc1. The number of ether oxygens (including phenoxy) is 1. The summed E-state index contributed by atoms with van der Waals surface area (Å²) in [5, 5.41) is 38.1. The zero-order chi connectivity index (χ0) is 54.6. The quantitative estimate of drug-likeness (QED) is 0.118. The van der Waals surface area contributed by atoms with E-state index in [2.05, 4.69) is 47.1 Å². The molecule has 0 bridgehead atoms. The van der Waals surface area contributed by atoms with Gasteiger partial charge in [-0.25, -0.2) is 4.98 Å². The summed E-state index contributed by atoms with van der Waals surface area (Å²) < 4.78 is 7.59. The van der Waals surface area contributed by atoms with E-state index in [-0.39, 0.29) is 58.7 Å². The van der Waals surface area contributed by atoms with E-state index in [0.717, 1.165) is 48.3 Å². The zero-order valence-electron chi connectivity index (χ0n) is 43.8. The third-order valence-corrected chi connectivity index (χ3v) is 16.3. The van der Waals surface area contributed by atoms with Gasteiger partial charge in [0.05, 0.1) is 47.0 Å². The third-order valence-electron chi connectivity index (χ3n) is 13.9. The number of thiophene rings is 1. The Morgan fingerprint density at radius 2 is 1.59 bits per heavy atom. The summed E-state index contributed by atoms with van der Waals surface area (Å²) in [6.07, 6.45) is -0.929. The molecule has 3 aliphatic heterocycles. The van der Waals surface area contributed by atoms with E-state index in [0.29, 0.717) is 22.4 Å². The molecule has 3 aromatic heterocycles. The average Bonchev–Trinajstić information content (AvgIpc) is 4.16. The second-order valence-electron chi connectivity index (χ2n) is 20.6. The van der Waals surface area contributed by atoms with E-state index in [1.54, 1.807) is 29.0 Å². The molecule has 6 amide bonds. The lowest BCUT2D eigenvalue weighted by atomic mass is 9.86. The van der Waals surface area contributed by atoms with Gasteiger partial charge < -0.3 is 41.7 Å². The summed E-state index contributed by atoms with van der Waals surface area (Å²) >= 11 is 9.38. The Balaban J connectivity index is 1.04. The number of rotatable bonds is 8. The van der Waals surface area contributed by atoms with Crippen molar-refractivity contribution in [3.63, 3.8) is 0 Å². The number of aliphatic hydroxyl groups excluding tert-OH is 1. The van der Waals surface area contributed by atoms with Crippen LogP contribution < -0.4 is 31.9 Å². The number of aryl methyl sites for hydroxylation is 3.